The predicted molar refractivity (Wildman–Crippen MR) is 124 cm³/mol. The second-order valence-corrected chi connectivity index (χ2v) is 10.2. The lowest BCUT2D eigenvalue weighted by atomic mass is 10.1. The summed E-state index contributed by atoms with van der Waals surface area (Å²) in [7, 11) is -3.76. The molecule has 1 aliphatic rings. The largest absolute Gasteiger partial charge is 0.372 e. The molecule has 1 amide bonds. The molecule has 2 aromatic rings. The Morgan fingerprint density at radius 3 is 2.13 bits per heavy atom. The number of halogens is 2. The third-order valence-electron chi connectivity index (χ3n) is 5.05. The summed E-state index contributed by atoms with van der Waals surface area (Å²) in [4.78, 5) is 15.2. The van der Waals surface area contributed by atoms with E-state index in [1.807, 2.05) is 24.3 Å². The van der Waals surface area contributed by atoms with Crippen molar-refractivity contribution in [3.63, 3.8) is 0 Å². The number of rotatable bonds is 6. The van der Waals surface area contributed by atoms with Gasteiger partial charge in [-0.1, -0.05) is 23.2 Å². The Labute approximate surface area is 187 Å². The molecule has 30 heavy (non-hydrogen) atoms. The summed E-state index contributed by atoms with van der Waals surface area (Å²) in [6.45, 7) is 3.59. The van der Waals surface area contributed by atoms with E-state index in [1.165, 1.54) is 44.4 Å². The molecule has 2 aromatic carbocycles. The molecule has 0 unspecified atom stereocenters. The van der Waals surface area contributed by atoms with Gasteiger partial charge >= 0.3 is 0 Å². The maximum Gasteiger partial charge on any atom is 0.247 e. The number of benzene rings is 2. The van der Waals surface area contributed by atoms with E-state index in [4.69, 9.17) is 23.2 Å². The standard InChI is InChI=1S/C21H25Cl2N3O3S/c1-15(26(30(2,28)29)20-13-16(22)12-17(23)14-20)21(27)24-18-6-8-19(9-7-18)25-10-4-3-5-11-25/h6-9,12-15H,3-5,10-11H2,1-2H3,(H,24,27)/t15-/m0/s1. The van der Waals surface area contributed by atoms with E-state index < -0.39 is 22.0 Å². The molecule has 0 spiro atoms. The van der Waals surface area contributed by atoms with Crippen LogP contribution in [0.4, 0.5) is 17.1 Å². The van der Waals surface area contributed by atoms with Crippen LogP contribution in [0.25, 0.3) is 0 Å². The monoisotopic (exact) mass is 469 g/mol. The minimum Gasteiger partial charge on any atom is -0.372 e. The van der Waals surface area contributed by atoms with Crippen LogP contribution in [-0.2, 0) is 14.8 Å². The van der Waals surface area contributed by atoms with Gasteiger partial charge in [-0.25, -0.2) is 8.42 Å². The summed E-state index contributed by atoms with van der Waals surface area (Å²) in [5.41, 5.74) is 1.95. The maximum atomic E-state index is 12.8. The van der Waals surface area contributed by atoms with Gasteiger partial charge in [0.15, 0.2) is 0 Å². The third kappa shape index (κ3) is 5.59. The smallest absolute Gasteiger partial charge is 0.247 e. The highest BCUT2D eigenvalue weighted by Gasteiger charge is 2.29. The van der Waals surface area contributed by atoms with Gasteiger partial charge < -0.3 is 10.2 Å². The zero-order chi connectivity index (χ0) is 21.9. The highest BCUT2D eigenvalue weighted by Crippen LogP contribution is 2.29. The molecule has 0 aliphatic carbocycles. The van der Waals surface area contributed by atoms with Crippen molar-refractivity contribution in [3.8, 4) is 0 Å². The predicted octanol–water partition coefficient (Wildman–Crippen LogP) is 4.78. The van der Waals surface area contributed by atoms with E-state index in [1.54, 1.807) is 0 Å². The lowest BCUT2D eigenvalue weighted by Gasteiger charge is -2.29. The molecule has 6 nitrogen and oxygen atoms in total. The number of nitrogens with zero attached hydrogens (tertiary/aromatic N) is 2. The average Bonchev–Trinajstić information content (AvgIpc) is 2.67. The number of carbonyl (C=O) groups is 1. The molecule has 1 saturated heterocycles. The molecule has 1 atom stereocenters. The van der Waals surface area contributed by atoms with Crippen molar-refractivity contribution in [2.45, 2.75) is 32.2 Å². The Kier molecular flexibility index (Phi) is 7.16. The van der Waals surface area contributed by atoms with Crippen LogP contribution in [0.2, 0.25) is 10.0 Å². The fraction of sp³-hybridized carbons (Fsp3) is 0.381. The summed E-state index contributed by atoms with van der Waals surface area (Å²) in [5.74, 6) is -0.456. The minimum absolute atomic E-state index is 0.234. The molecular formula is C21H25Cl2N3O3S. The Bertz CT molecular complexity index is 986. The quantitative estimate of drug-likeness (QED) is 0.660. The van der Waals surface area contributed by atoms with Gasteiger partial charge in [-0.3, -0.25) is 9.10 Å². The Hall–Kier alpha value is -1.96. The van der Waals surface area contributed by atoms with Gasteiger partial charge in [-0.2, -0.15) is 0 Å². The molecule has 1 heterocycles. The van der Waals surface area contributed by atoms with Gasteiger partial charge in [-0.05, 0) is 68.7 Å². The number of piperidine rings is 1. The number of nitrogens with one attached hydrogen (secondary N) is 1. The van der Waals surface area contributed by atoms with Crippen molar-refractivity contribution < 1.29 is 13.2 Å². The first kappa shape index (κ1) is 22.7. The van der Waals surface area contributed by atoms with Gasteiger partial charge in [0.2, 0.25) is 15.9 Å². The highest BCUT2D eigenvalue weighted by molar-refractivity contribution is 7.92. The van der Waals surface area contributed by atoms with E-state index in [2.05, 4.69) is 10.2 Å². The number of amides is 1. The maximum absolute atomic E-state index is 12.8. The first-order valence-corrected chi connectivity index (χ1v) is 12.4. The van der Waals surface area contributed by atoms with Crippen molar-refractivity contribution in [1.29, 1.82) is 0 Å². The van der Waals surface area contributed by atoms with Crippen molar-refractivity contribution in [3.05, 3.63) is 52.5 Å². The number of hydrogen-bond donors (Lipinski definition) is 1. The SMILES string of the molecule is C[C@@H](C(=O)Nc1ccc(N2CCCCC2)cc1)N(c1cc(Cl)cc(Cl)c1)S(C)(=O)=O. The first-order chi connectivity index (χ1) is 14.1. The van der Waals surface area contributed by atoms with Gasteiger partial charge in [0.1, 0.15) is 6.04 Å². The Balaban J connectivity index is 1.77. The minimum atomic E-state index is -3.76. The van der Waals surface area contributed by atoms with Crippen LogP contribution in [0.3, 0.4) is 0 Å². The summed E-state index contributed by atoms with van der Waals surface area (Å²) >= 11 is 12.1. The van der Waals surface area contributed by atoms with E-state index in [9.17, 15) is 13.2 Å². The van der Waals surface area contributed by atoms with E-state index in [0.29, 0.717) is 5.69 Å². The Morgan fingerprint density at radius 2 is 1.60 bits per heavy atom. The van der Waals surface area contributed by atoms with E-state index >= 15 is 0 Å². The molecule has 0 saturated carbocycles. The van der Waals surface area contributed by atoms with Crippen molar-refractivity contribution in [1.82, 2.24) is 0 Å². The topological polar surface area (TPSA) is 69.7 Å². The fourth-order valence-corrected chi connectivity index (χ4v) is 5.30. The molecule has 9 heteroatoms. The summed E-state index contributed by atoms with van der Waals surface area (Å²) in [5, 5.41) is 3.36. The van der Waals surface area contributed by atoms with Crippen LogP contribution < -0.4 is 14.5 Å². The molecule has 0 aromatic heterocycles. The van der Waals surface area contributed by atoms with Crippen molar-refractivity contribution in [2.24, 2.45) is 0 Å². The van der Waals surface area contributed by atoms with Gasteiger partial charge in [0.25, 0.3) is 0 Å². The second kappa shape index (κ2) is 9.45. The molecule has 3 rings (SSSR count). The van der Waals surface area contributed by atoms with Crippen LogP contribution in [0.15, 0.2) is 42.5 Å². The first-order valence-electron chi connectivity index (χ1n) is 9.76. The molecule has 162 valence electrons. The van der Waals surface area contributed by atoms with Gasteiger partial charge in [-0.15, -0.1) is 0 Å². The fourth-order valence-electron chi connectivity index (χ4n) is 3.63. The number of anilines is 3. The third-order valence-corrected chi connectivity index (χ3v) is 6.72. The summed E-state index contributed by atoms with van der Waals surface area (Å²) < 4.78 is 25.9. The second-order valence-electron chi connectivity index (χ2n) is 7.45. The average molecular weight is 470 g/mol. The zero-order valence-electron chi connectivity index (χ0n) is 16.9. The van der Waals surface area contributed by atoms with Crippen LogP contribution in [-0.4, -0.2) is 39.7 Å². The van der Waals surface area contributed by atoms with Crippen LogP contribution in [0.5, 0.6) is 0 Å². The zero-order valence-corrected chi connectivity index (χ0v) is 19.3. The van der Waals surface area contributed by atoms with Crippen LogP contribution >= 0.6 is 23.2 Å². The summed E-state index contributed by atoms with van der Waals surface area (Å²) in [6.07, 6.45) is 4.67. The van der Waals surface area contributed by atoms with E-state index in [0.717, 1.165) is 29.3 Å². The number of carbonyl (C=O) groups excluding carboxylic acids is 1. The molecular weight excluding hydrogens is 445 g/mol. The van der Waals surface area contributed by atoms with Crippen LogP contribution in [0.1, 0.15) is 26.2 Å². The van der Waals surface area contributed by atoms with Crippen molar-refractivity contribution in [2.75, 3.05) is 33.9 Å². The van der Waals surface area contributed by atoms with Gasteiger partial charge in [0.05, 0.1) is 11.9 Å². The molecule has 1 N–H and O–H groups in total. The summed E-state index contributed by atoms with van der Waals surface area (Å²) in [6, 6.07) is 11.0. The van der Waals surface area contributed by atoms with E-state index in [-0.39, 0.29) is 15.7 Å². The number of hydrogen-bond acceptors (Lipinski definition) is 4. The molecule has 1 aliphatic heterocycles. The number of sulfonamides is 1. The molecule has 0 radical (unpaired) electrons. The Morgan fingerprint density at radius 1 is 1.03 bits per heavy atom. The van der Waals surface area contributed by atoms with Crippen molar-refractivity contribution >= 4 is 56.2 Å². The lowest BCUT2D eigenvalue weighted by molar-refractivity contribution is -0.116. The molecule has 0 bridgehead atoms. The lowest BCUT2D eigenvalue weighted by Crippen LogP contribution is -2.45. The highest BCUT2D eigenvalue weighted by atomic mass is 35.5. The van der Waals surface area contributed by atoms with Gasteiger partial charge in [0, 0.05) is 34.5 Å². The molecule has 1 fully saturated rings. The van der Waals surface area contributed by atoms with Crippen LogP contribution in [0, 0.1) is 0 Å². The normalized spacial score (nSPS) is 15.5.